The second kappa shape index (κ2) is 10.9. The zero-order valence-corrected chi connectivity index (χ0v) is 21.8. The van der Waals surface area contributed by atoms with E-state index >= 15 is 0 Å². The number of aromatic nitrogens is 2. The van der Waals surface area contributed by atoms with Crippen LogP contribution in [0.3, 0.4) is 0 Å². The summed E-state index contributed by atoms with van der Waals surface area (Å²) in [5.74, 6) is -2.68. The highest BCUT2D eigenvalue weighted by atomic mass is 32.2. The van der Waals surface area contributed by atoms with Gasteiger partial charge in [-0.05, 0) is 65.2 Å². The van der Waals surface area contributed by atoms with E-state index in [9.17, 15) is 27.1 Å². The summed E-state index contributed by atoms with van der Waals surface area (Å²) in [7, 11) is -3.99. The lowest BCUT2D eigenvalue weighted by Gasteiger charge is -2.21. The highest BCUT2D eigenvalue weighted by Gasteiger charge is 2.23. The molecule has 0 spiro atoms. The van der Waals surface area contributed by atoms with Crippen molar-refractivity contribution >= 4 is 26.8 Å². The van der Waals surface area contributed by atoms with E-state index in [0.29, 0.717) is 27.8 Å². The van der Waals surface area contributed by atoms with Crippen molar-refractivity contribution in [3.63, 3.8) is 0 Å². The Morgan fingerprint density at radius 3 is 2.55 bits per heavy atom. The van der Waals surface area contributed by atoms with Crippen molar-refractivity contribution in [1.29, 1.82) is 0 Å². The molecule has 5 rings (SSSR count). The van der Waals surface area contributed by atoms with Gasteiger partial charge in [0.05, 0.1) is 17.0 Å². The fourth-order valence-electron chi connectivity index (χ4n) is 4.69. The Bertz CT molecular complexity index is 1820. The van der Waals surface area contributed by atoms with Crippen LogP contribution in [0.2, 0.25) is 0 Å². The smallest absolute Gasteiger partial charge is 0.238 e. The van der Waals surface area contributed by atoms with Gasteiger partial charge in [0, 0.05) is 47.4 Å². The number of amides is 1. The number of pyridine rings is 1. The predicted molar refractivity (Wildman–Crippen MR) is 146 cm³/mol. The fourth-order valence-corrected chi connectivity index (χ4v) is 5.25. The molecule has 0 bridgehead atoms. The van der Waals surface area contributed by atoms with Gasteiger partial charge in [0.1, 0.15) is 17.4 Å². The maximum absolute atomic E-state index is 14.3. The molecule has 0 saturated heterocycles. The van der Waals surface area contributed by atoms with Crippen LogP contribution >= 0.6 is 0 Å². The number of H-pyrrole nitrogens is 1. The van der Waals surface area contributed by atoms with Crippen LogP contribution in [0.4, 0.5) is 8.78 Å². The molecular weight excluding hydrogens is 538 g/mol. The lowest BCUT2D eigenvalue weighted by Crippen LogP contribution is -2.30. The van der Waals surface area contributed by atoms with Gasteiger partial charge in [0.25, 0.3) is 0 Å². The number of nitrogens with zero attached hydrogens (tertiary/aromatic N) is 1. The molecule has 0 aliphatic carbocycles. The highest BCUT2D eigenvalue weighted by molar-refractivity contribution is 7.89. The lowest BCUT2D eigenvalue weighted by molar-refractivity contribution is -0.120. The van der Waals surface area contributed by atoms with Crippen LogP contribution in [-0.2, 0) is 21.2 Å². The molecule has 0 fully saturated rings. The van der Waals surface area contributed by atoms with Crippen molar-refractivity contribution in [3.05, 3.63) is 114 Å². The quantitative estimate of drug-likeness (QED) is 0.223. The minimum absolute atomic E-state index is 0.0147. The van der Waals surface area contributed by atoms with Gasteiger partial charge in [-0.2, -0.15) is 0 Å². The average molecular weight is 563 g/mol. The number of rotatable bonds is 8. The first kappa shape index (κ1) is 27.0. The Hall–Kier alpha value is -4.61. The number of hydrogen-bond donors (Lipinski definition) is 4. The Kier molecular flexibility index (Phi) is 7.33. The third-order valence-corrected chi connectivity index (χ3v) is 7.45. The maximum atomic E-state index is 14.3. The number of phenols is 1. The Balaban J connectivity index is 1.50. The summed E-state index contributed by atoms with van der Waals surface area (Å²) >= 11 is 0. The van der Waals surface area contributed by atoms with Gasteiger partial charge in [-0.1, -0.05) is 18.2 Å². The molecule has 204 valence electrons. The Labute approximate surface area is 228 Å². The van der Waals surface area contributed by atoms with Crippen LogP contribution < -0.4 is 10.5 Å². The Morgan fingerprint density at radius 2 is 1.80 bits per heavy atom. The van der Waals surface area contributed by atoms with Gasteiger partial charge in [0.2, 0.25) is 15.9 Å². The zero-order valence-electron chi connectivity index (χ0n) is 20.9. The SMILES string of the molecule is NS(=O)(=O)c1cccc(-c2cccnc2C(CNC(=O)Cc2c[nH]c3ccc(O)cc23)c2cc(F)cc(F)c2)c1. The number of hydrogen-bond acceptors (Lipinski definition) is 5. The number of aromatic amines is 1. The monoisotopic (exact) mass is 562 g/mol. The van der Waals surface area contributed by atoms with E-state index in [1.54, 1.807) is 36.5 Å². The predicted octanol–water partition coefficient (Wildman–Crippen LogP) is 4.35. The summed E-state index contributed by atoms with van der Waals surface area (Å²) < 4.78 is 52.5. The molecule has 1 unspecified atom stereocenters. The summed E-state index contributed by atoms with van der Waals surface area (Å²) in [6, 6.07) is 17.2. The summed E-state index contributed by atoms with van der Waals surface area (Å²) in [5, 5.41) is 18.7. The molecule has 0 aliphatic rings. The molecule has 40 heavy (non-hydrogen) atoms. The van der Waals surface area contributed by atoms with Crippen molar-refractivity contribution in [2.75, 3.05) is 6.54 Å². The summed E-state index contributed by atoms with van der Waals surface area (Å²) in [6.45, 7) is -0.0613. The second-order valence-corrected chi connectivity index (χ2v) is 10.9. The number of primary sulfonamides is 1. The molecule has 11 heteroatoms. The van der Waals surface area contributed by atoms with E-state index in [0.717, 1.165) is 11.6 Å². The fraction of sp³-hybridized carbons (Fsp3) is 0.103. The topological polar surface area (TPSA) is 138 Å². The standard InChI is InChI=1S/C29H24F2N4O4S/c30-20-9-18(10-21(31)13-20)26(16-35-28(37)12-19-15-34-27-7-6-22(36)14-25(19)27)29-24(5-2-8-33-29)17-3-1-4-23(11-17)40(32,38)39/h1-11,13-15,26,34,36H,12,16H2,(H,35,37)(H2,32,38,39). The molecule has 1 amide bonds. The Morgan fingerprint density at radius 1 is 1.02 bits per heavy atom. The first-order valence-corrected chi connectivity index (χ1v) is 13.7. The molecule has 5 aromatic rings. The van der Waals surface area contributed by atoms with Crippen LogP contribution in [0, 0.1) is 11.6 Å². The first-order chi connectivity index (χ1) is 19.1. The molecular formula is C29H24F2N4O4S. The minimum atomic E-state index is -3.99. The number of carbonyl (C=O) groups excluding carboxylic acids is 1. The van der Waals surface area contributed by atoms with Crippen molar-refractivity contribution < 1.29 is 27.1 Å². The minimum Gasteiger partial charge on any atom is -0.508 e. The van der Waals surface area contributed by atoms with Gasteiger partial charge in [-0.3, -0.25) is 9.78 Å². The normalized spacial score (nSPS) is 12.4. The maximum Gasteiger partial charge on any atom is 0.238 e. The number of fused-ring (bicyclic) bond motifs is 1. The lowest BCUT2D eigenvalue weighted by atomic mass is 9.89. The van der Waals surface area contributed by atoms with E-state index in [1.807, 2.05) is 0 Å². The molecule has 0 saturated carbocycles. The number of phenolic OH excluding ortho intramolecular Hbond substituents is 1. The van der Waals surface area contributed by atoms with Crippen LogP contribution in [-0.4, -0.2) is 35.9 Å². The van der Waals surface area contributed by atoms with Gasteiger partial charge in [-0.15, -0.1) is 0 Å². The van der Waals surface area contributed by atoms with Crippen molar-refractivity contribution in [1.82, 2.24) is 15.3 Å². The second-order valence-electron chi connectivity index (χ2n) is 9.29. The van der Waals surface area contributed by atoms with Gasteiger partial charge < -0.3 is 15.4 Å². The van der Waals surface area contributed by atoms with Crippen molar-refractivity contribution in [2.45, 2.75) is 17.2 Å². The molecule has 2 heterocycles. The molecule has 0 aliphatic heterocycles. The number of benzene rings is 3. The first-order valence-electron chi connectivity index (χ1n) is 12.2. The van der Waals surface area contributed by atoms with Crippen molar-refractivity contribution in [3.8, 4) is 16.9 Å². The van der Waals surface area contributed by atoms with Crippen LogP contribution in [0.15, 0.2) is 90.1 Å². The molecule has 8 nitrogen and oxygen atoms in total. The highest BCUT2D eigenvalue weighted by Crippen LogP contribution is 2.33. The van der Waals surface area contributed by atoms with E-state index in [1.165, 1.54) is 42.6 Å². The number of nitrogens with one attached hydrogen (secondary N) is 2. The van der Waals surface area contributed by atoms with Crippen molar-refractivity contribution in [2.24, 2.45) is 5.14 Å². The van der Waals surface area contributed by atoms with Crippen LogP contribution in [0.5, 0.6) is 5.75 Å². The molecule has 3 aromatic carbocycles. The number of carbonyl (C=O) groups is 1. The largest absolute Gasteiger partial charge is 0.508 e. The zero-order chi connectivity index (χ0) is 28.4. The van der Waals surface area contributed by atoms with E-state index < -0.39 is 27.6 Å². The van der Waals surface area contributed by atoms with Gasteiger partial charge in [0.15, 0.2) is 0 Å². The molecule has 0 radical (unpaired) electrons. The molecule has 2 aromatic heterocycles. The van der Waals surface area contributed by atoms with Gasteiger partial charge >= 0.3 is 0 Å². The summed E-state index contributed by atoms with van der Waals surface area (Å²) in [4.78, 5) is 20.4. The van der Waals surface area contributed by atoms with Crippen LogP contribution in [0.25, 0.3) is 22.0 Å². The van der Waals surface area contributed by atoms with E-state index in [-0.39, 0.29) is 35.1 Å². The third kappa shape index (κ3) is 5.85. The van der Waals surface area contributed by atoms with Crippen LogP contribution in [0.1, 0.15) is 22.7 Å². The van der Waals surface area contributed by atoms with Gasteiger partial charge in [-0.25, -0.2) is 22.3 Å². The molecule has 1 atom stereocenters. The summed E-state index contributed by atoms with van der Waals surface area (Å²) in [6.07, 6.45) is 3.17. The van der Waals surface area contributed by atoms with E-state index in [2.05, 4.69) is 15.3 Å². The summed E-state index contributed by atoms with van der Waals surface area (Å²) in [5.41, 5.74) is 3.00. The number of sulfonamides is 1. The number of aromatic hydroxyl groups is 1. The van der Waals surface area contributed by atoms with E-state index in [4.69, 9.17) is 5.14 Å². The number of nitrogens with two attached hydrogens (primary N) is 1. The molecule has 5 N–H and O–H groups in total. The third-order valence-electron chi connectivity index (χ3n) is 6.53. The average Bonchev–Trinajstić information content (AvgIpc) is 3.29. The number of halogens is 2.